The molecule has 0 radical (unpaired) electrons. The number of rotatable bonds is 1. The van der Waals surface area contributed by atoms with E-state index in [2.05, 4.69) is 24.8 Å². The van der Waals surface area contributed by atoms with Crippen molar-refractivity contribution in [1.29, 1.82) is 0 Å². The van der Waals surface area contributed by atoms with Crippen molar-refractivity contribution in [3.63, 3.8) is 0 Å². The minimum absolute atomic E-state index is 1.13. The molecule has 0 fully saturated rings. The molecule has 1 heteroatoms. The van der Waals surface area contributed by atoms with Gasteiger partial charge >= 0.3 is 0 Å². The fourth-order valence-corrected chi connectivity index (χ4v) is 0.757. The van der Waals surface area contributed by atoms with Gasteiger partial charge in [0.1, 0.15) is 0 Å². The fraction of sp³-hybridized carbons (Fsp3) is 0.0909. The van der Waals surface area contributed by atoms with Gasteiger partial charge in [-0.05, 0) is 12.5 Å². The Morgan fingerprint density at radius 2 is 1.75 bits per heavy atom. The van der Waals surface area contributed by atoms with Crippen LogP contribution < -0.4 is 0 Å². The van der Waals surface area contributed by atoms with Gasteiger partial charge in [0.25, 0.3) is 0 Å². The lowest BCUT2D eigenvalue weighted by Gasteiger charge is -1.86. The summed E-state index contributed by atoms with van der Waals surface area (Å²) in [6.07, 6.45) is 4.12. The Morgan fingerprint density at radius 1 is 1.25 bits per heavy atom. The minimum Gasteiger partial charge on any atom is -0.112 e. The van der Waals surface area contributed by atoms with Gasteiger partial charge < -0.3 is 0 Å². The molecule has 64 valence electrons. The highest BCUT2D eigenvalue weighted by Gasteiger charge is 1.77. The lowest BCUT2D eigenvalue weighted by Crippen LogP contribution is -1.65. The molecule has 0 nitrogen and oxygen atoms in total. The third-order valence-corrected chi connectivity index (χ3v) is 1.16. The van der Waals surface area contributed by atoms with Crippen LogP contribution in [0.5, 0.6) is 0 Å². The Bertz CT molecular complexity index is 224. The summed E-state index contributed by atoms with van der Waals surface area (Å²) in [5, 5.41) is 0. The predicted molar refractivity (Wildman–Crippen MR) is 61.3 cm³/mol. The molecule has 1 aromatic carbocycles. The van der Waals surface area contributed by atoms with E-state index < -0.39 is 0 Å². The summed E-state index contributed by atoms with van der Waals surface area (Å²) in [5.74, 6) is 0. The van der Waals surface area contributed by atoms with E-state index in [1.54, 1.807) is 0 Å². The van der Waals surface area contributed by atoms with Crippen LogP contribution >= 0.6 is 0 Å². The van der Waals surface area contributed by atoms with Gasteiger partial charge in [0.05, 0.1) is 0 Å². The summed E-state index contributed by atoms with van der Waals surface area (Å²) in [6, 6.07) is 10.3. The van der Waals surface area contributed by atoms with Crippen LogP contribution in [0, 0.1) is 0 Å². The minimum atomic E-state index is 1.13. The number of hydrogen-bond acceptors (Lipinski definition) is 0. The van der Waals surface area contributed by atoms with Gasteiger partial charge in [-0.3, -0.25) is 0 Å². The Hall–Kier alpha value is -1.08. The molecule has 0 aromatic heterocycles. The molecule has 0 saturated heterocycles. The van der Waals surface area contributed by atoms with Gasteiger partial charge in [-0.1, -0.05) is 42.5 Å². The molecular weight excluding hydrogens is 160 g/mol. The van der Waals surface area contributed by atoms with E-state index >= 15 is 0 Å². The Balaban J connectivity index is 0.000000354. The maximum Gasteiger partial charge on any atom is 0.0283 e. The predicted octanol–water partition coefficient (Wildman–Crippen LogP) is 2.21. The highest BCUT2D eigenvalue weighted by Crippen LogP contribution is 1.99. The zero-order chi connectivity index (χ0) is 9.23. The standard InChI is InChI=1S/C9H10.C2H6Si/c1-2-6-9-7-4-3-5-8-9;1-2-3/h2-8H,1H3;2H,1H2,3H3. The molecule has 0 N–H and O–H groups in total. The molecular formula is C11H16Si. The highest BCUT2D eigenvalue weighted by molar-refractivity contribution is 6.16. The van der Waals surface area contributed by atoms with E-state index in [-0.39, 0.29) is 0 Å². The van der Waals surface area contributed by atoms with Crippen LogP contribution in [0.3, 0.4) is 0 Å². The molecule has 0 bridgehead atoms. The van der Waals surface area contributed by atoms with E-state index in [4.69, 9.17) is 0 Å². The molecule has 0 heterocycles. The Morgan fingerprint density at radius 3 is 2.17 bits per heavy atom. The van der Waals surface area contributed by atoms with Crippen LogP contribution in [0.2, 0.25) is 0 Å². The normalized spacial score (nSPS) is 9.08. The van der Waals surface area contributed by atoms with E-state index in [1.165, 1.54) is 5.56 Å². The first-order valence-electron chi connectivity index (χ1n) is 4.10. The second-order valence-electron chi connectivity index (χ2n) is 2.32. The molecule has 0 spiro atoms. The maximum atomic E-state index is 3.42. The molecule has 1 aromatic rings. The van der Waals surface area contributed by atoms with Crippen LogP contribution in [0.25, 0.3) is 6.08 Å². The van der Waals surface area contributed by atoms with Crippen molar-refractivity contribution in [2.45, 2.75) is 6.92 Å². The summed E-state index contributed by atoms with van der Waals surface area (Å²) in [5.41, 5.74) is 3.15. The van der Waals surface area contributed by atoms with Crippen LogP contribution in [-0.4, -0.2) is 10.2 Å². The van der Waals surface area contributed by atoms with Crippen molar-refractivity contribution in [1.82, 2.24) is 0 Å². The summed E-state index contributed by atoms with van der Waals surface area (Å²) < 4.78 is 0. The number of benzene rings is 1. The molecule has 1 rings (SSSR count). The van der Waals surface area contributed by atoms with Crippen molar-refractivity contribution in [2.75, 3.05) is 0 Å². The van der Waals surface area contributed by atoms with E-state index in [1.807, 2.05) is 36.9 Å². The lowest BCUT2D eigenvalue weighted by molar-refractivity contribution is 1.64. The fourth-order valence-electron chi connectivity index (χ4n) is 0.757. The zero-order valence-electron chi connectivity index (χ0n) is 7.83. The van der Waals surface area contributed by atoms with Crippen molar-refractivity contribution < 1.29 is 0 Å². The molecule has 0 unspecified atom stereocenters. The summed E-state index contributed by atoms with van der Waals surface area (Å²) in [6.45, 7) is 5.44. The zero-order valence-corrected chi connectivity index (χ0v) is 9.83. The lowest BCUT2D eigenvalue weighted by atomic mass is 10.2. The molecule has 0 saturated carbocycles. The molecule has 0 atom stereocenters. The third kappa shape index (κ3) is 5.68. The first-order chi connectivity index (χ1) is 5.85. The van der Waals surface area contributed by atoms with Gasteiger partial charge in [0.15, 0.2) is 0 Å². The third-order valence-electron chi connectivity index (χ3n) is 1.16. The number of allylic oxidation sites excluding steroid dienone is 1. The van der Waals surface area contributed by atoms with Crippen LogP contribution in [0.4, 0.5) is 0 Å². The van der Waals surface area contributed by atoms with Gasteiger partial charge in [-0.25, -0.2) is 0 Å². The Kier molecular flexibility index (Phi) is 7.29. The second kappa shape index (κ2) is 8.02. The maximum absolute atomic E-state index is 3.42. The summed E-state index contributed by atoms with van der Waals surface area (Å²) >= 11 is 0. The van der Waals surface area contributed by atoms with Gasteiger partial charge in [0.2, 0.25) is 0 Å². The largest absolute Gasteiger partial charge is 0.112 e. The average Bonchev–Trinajstić information content (AvgIpc) is 2.08. The van der Waals surface area contributed by atoms with E-state index in [9.17, 15) is 0 Å². The first kappa shape index (κ1) is 10.9. The van der Waals surface area contributed by atoms with Crippen LogP contribution in [-0.2, 0) is 0 Å². The van der Waals surface area contributed by atoms with Crippen molar-refractivity contribution >= 4 is 16.3 Å². The van der Waals surface area contributed by atoms with E-state index in [0.717, 1.165) is 10.2 Å². The molecule has 0 aliphatic heterocycles. The van der Waals surface area contributed by atoms with Gasteiger partial charge in [-0.15, -0.1) is 12.3 Å². The van der Waals surface area contributed by atoms with Crippen molar-refractivity contribution in [2.24, 2.45) is 0 Å². The van der Waals surface area contributed by atoms with Gasteiger partial charge in [-0.2, -0.15) is 0 Å². The van der Waals surface area contributed by atoms with Crippen LogP contribution in [0.1, 0.15) is 12.5 Å². The number of hydrogen-bond donors (Lipinski definition) is 0. The second-order valence-corrected chi connectivity index (χ2v) is 3.14. The molecule has 0 amide bonds. The quantitative estimate of drug-likeness (QED) is 0.576. The SMILES string of the molecule is C=C[SiH3].CC=Cc1ccccc1. The summed E-state index contributed by atoms with van der Waals surface area (Å²) in [7, 11) is 1.13. The topological polar surface area (TPSA) is 0 Å². The smallest absolute Gasteiger partial charge is 0.0283 e. The Labute approximate surface area is 78.1 Å². The van der Waals surface area contributed by atoms with Crippen molar-refractivity contribution in [3.05, 3.63) is 54.2 Å². The molecule has 0 aliphatic rings. The summed E-state index contributed by atoms with van der Waals surface area (Å²) in [4.78, 5) is 0. The van der Waals surface area contributed by atoms with Crippen molar-refractivity contribution in [3.8, 4) is 0 Å². The van der Waals surface area contributed by atoms with E-state index in [0.29, 0.717) is 0 Å². The average molecular weight is 176 g/mol. The molecule has 12 heavy (non-hydrogen) atoms. The highest BCUT2D eigenvalue weighted by atomic mass is 28.1. The van der Waals surface area contributed by atoms with Crippen LogP contribution in [0.15, 0.2) is 48.7 Å². The first-order valence-corrected chi connectivity index (χ1v) is 5.25. The monoisotopic (exact) mass is 176 g/mol. The van der Waals surface area contributed by atoms with Gasteiger partial charge in [0, 0.05) is 10.2 Å². The molecule has 0 aliphatic carbocycles.